The molecule has 0 spiro atoms. The molecule has 0 unspecified atom stereocenters. The lowest BCUT2D eigenvalue weighted by Crippen LogP contribution is -1.96. The standard InChI is InChI=1S/C13H12N4O/c1-17-8-7-16-13(17)18-11-5-4-10(14)12-9(11)3-2-6-15-12/h2-8H,14H2,1H3. The summed E-state index contributed by atoms with van der Waals surface area (Å²) in [6.45, 7) is 0. The van der Waals surface area contributed by atoms with Crippen molar-refractivity contribution in [1.82, 2.24) is 14.5 Å². The first-order valence-corrected chi connectivity index (χ1v) is 5.54. The van der Waals surface area contributed by atoms with Crippen molar-refractivity contribution in [3.8, 4) is 11.8 Å². The smallest absolute Gasteiger partial charge is 0.301 e. The van der Waals surface area contributed by atoms with Crippen LogP contribution in [-0.2, 0) is 7.05 Å². The van der Waals surface area contributed by atoms with E-state index < -0.39 is 0 Å². The van der Waals surface area contributed by atoms with Gasteiger partial charge in [0.15, 0.2) is 0 Å². The van der Waals surface area contributed by atoms with Gasteiger partial charge < -0.3 is 15.0 Å². The Kier molecular flexibility index (Phi) is 2.37. The first kappa shape index (κ1) is 10.6. The summed E-state index contributed by atoms with van der Waals surface area (Å²) < 4.78 is 7.58. The van der Waals surface area contributed by atoms with Crippen molar-refractivity contribution in [2.45, 2.75) is 0 Å². The van der Waals surface area contributed by atoms with E-state index in [0.717, 1.165) is 10.9 Å². The molecule has 0 atom stereocenters. The Hall–Kier alpha value is -2.56. The number of aryl methyl sites for hydroxylation is 1. The molecule has 0 saturated carbocycles. The van der Waals surface area contributed by atoms with Gasteiger partial charge in [0.25, 0.3) is 0 Å². The molecule has 2 heterocycles. The number of nitrogens with two attached hydrogens (primary N) is 1. The SMILES string of the molecule is Cn1ccnc1Oc1ccc(N)c2ncccc12. The van der Waals surface area contributed by atoms with Gasteiger partial charge in [-0.1, -0.05) is 0 Å². The number of hydrogen-bond acceptors (Lipinski definition) is 4. The normalized spacial score (nSPS) is 10.7. The molecule has 0 amide bonds. The van der Waals surface area contributed by atoms with Crippen molar-refractivity contribution >= 4 is 16.6 Å². The Bertz CT molecular complexity index is 705. The summed E-state index contributed by atoms with van der Waals surface area (Å²) in [5, 5.41) is 0.875. The minimum Gasteiger partial charge on any atom is -0.425 e. The van der Waals surface area contributed by atoms with Crippen molar-refractivity contribution in [3.63, 3.8) is 0 Å². The number of anilines is 1. The van der Waals surface area contributed by atoms with Crippen LogP contribution in [0.1, 0.15) is 0 Å². The number of ether oxygens (including phenoxy) is 1. The van der Waals surface area contributed by atoms with Crippen molar-refractivity contribution < 1.29 is 4.74 Å². The predicted molar refractivity (Wildman–Crippen MR) is 69.4 cm³/mol. The van der Waals surface area contributed by atoms with Gasteiger partial charge in [0.1, 0.15) is 5.75 Å². The zero-order valence-electron chi connectivity index (χ0n) is 9.87. The molecular weight excluding hydrogens is 228 g/mol. The lowest BCUT2D eigenvalue weighted by atomic mass is 10.2. The summed E-state index contributed by atoms with van der Waals surface area (Å²) >= 11 is 0. The molecule has 90 valence electrons. The second-order valence-electron chi connectivity index (χ2n) is 3.98. The maximum absolute atomic E-state index is 5.89. The molecule has 0 radical (unpaired) electrons. The molecule has 0 aliphatic rings. The summed E-state index contributed by atoms with van der Waals surface area (Å²) in [6.07, 6.45) is 5.23. The summed E-state index contributed by atoms with van der Waals surface area (Å²) in [4.78, 5) is 8.39. The van der Waals surface area contributed by atoms with Crippen molar-refractivity contribution in [2.75, 3.05) is 5.73 Å². The lowest BCUT2D eigenvalue weighted by Gasteiger charge is -2.09. The molecule has 5 heteroatoms. The van der Waals surface area contributed by atoms with Crippen LogP contribution in [0.15, 0.2) is 42.9 Å². The van der Waals surface area contributed by atoms with Gasteiger partial charge in [-0.25, -0.2) is 4.98 Å². The van der Waals surface area contributed by atoms with E-state index in [9.17, 15) is 0 Å². The summed E-state index contributed by atoms with van der Waals surface area (Å²) in [7, 11) is 1.88. The molecule has 18 heavy (non-hydrogen) atoms. The number of hydrogen-bond donors (Lipinski definition) is 1. The zero-order valence-corrected chi connectivity index (χ0v) is 9.87. The Labute approximate surface area is 104 Å². The van der Waals surface area contributed by atoms with Gasteiger partial charge in [0.2, 0.25) is 0 Å². The van der Waals surface area contributed by atoms with E-state index in [0.29, 0.717) is 17.4 Å². The topological polar surface area (TPSA) is 66.0 Å². The number of nitrogens with zero attached hydrogens (tertiary/aromatic N) is 3. The number of fused-ring (bicyclic) bond motifs is 1. The fourth-order valence-corrected chi connectivity index (χ4v) is 1.81. The monoisotopic (exact) mass is 240 g/mol. The van der Waals surface area contributed by atoms with Crippen LogP contribution in [0.4, 0.5) is 5.69 Å². The van der Waals surface area contributed by atoms with Crippen LogP contribution in [0.3, 0.4) is 0 Å². The molecule has 0 fully saturated rings. The van der Waals surface area contributed by atoms with Crippen molar-refractivity contribution in [3.05, 3.63) is 42.9 Å². The highest BCUT2D eigenvalue weighted by Gasteiger charge is 2.08. The second-order valence-corrected chi connectivity index (χ2v) is 3.98. The first-order valence-electron chi connectivity index (χ1n) is 5.54. The van der Waals surface area contributed by atoms with Crippen LogP contribution in [-0.4, -0.2) is 14.5 Å². The molecule has 0 aliphatic heterocycles. The molecule has 3 aromatic rings. The Morgan fingerprint density at radius 2 is 2.06 bits per heavy atom. The maximum atomic E-state index is 5.89. The molecule has 1 aromatic carbocycles. The highest BCUT2D eigenvalue weighted by Crippen LogP contribution is 2.30. The van der Waals surface area contributed by atoms with Crippen LogP contribution in [0.25, 0.3) is 10.9 Å². The minimum atomic E-state index is 0.532. The summed E-state index contributed by atoms with van der Waals surface area (Å²) in [5.74, 6) is 0.696. The molecule has 5 nitrogen and oxygen atoms in total. The van der Waals surface area contributed by atoms with Crippen molar-refractivity contribution in [2.24, 2.45) is 7.05 Å². The van der Waals surface area contributed by atoms with E-state index in [-0.39, 0.29) is 0 Å². The van der Waals surface area contributed by atoms with Crippen molar-refractivity contribution in [1.29, 1.82) is 0 Å². The van der Waals surface area contributed by atoms with E-state index in [4.69, 9.17) is 10.5 Å². The first-order chi connectivity index (χ1) is 8.75. The average molecular weight is 240 g/mol. The fraction of sp³-hybridized carbons (Fsp3) is 0.0769. The van der Waals surface area contributed by atoms with Crippen LogP contribution in [0, 0.1) is 0 Å². The quantitative estimate of drug-likeness (QED) is 0.698. The Morgan fingerprint density at radius 1 is 1.17 bits per heavy atom. The maximum Gasteiger partial charge on any atom is 0.301 e. The van der Waals surface area contributed by atoms with Gasteiger partial charge in [-0.3, -0.25) is 4.98 Å². The third-order valence-corrected chi connectivity index (χ3v) is 2.74. The number of aromatic nitrogens is 3. The minimum absolute atomic E-state index is 0.532. The number of imidazole rings is 1. The predicted octanol–water partition coefficient (Wildman–Crippen LogP) is 2.34. The molecule has 3 rings (SSSR count). The molecule has 0 aliphatic carbocycles. The molecule has 2 N–H and O–H groups in total. The van der Waals surface area contributed by atoms with Crippen LogP contribution in [0.5, 0.6) is 11.8 Å². The third-order valence-electron chi connectivity index (χ3n) is 2.74. The van der Waals surface area contributed by atoms with E-state index in [1.807, 2.05) is 31.4 Å². The van der Waals surface area contributed by atoms with Crippen LogP contribution >= 0.6 is 0 Å². The van der Waals surface area contributed by atoms with Gasteiger partial charge in [-0.15, -0.1) is 0 Å². The second kappa shape index (κ2) is 4.03. The number of benzene rings is 1. The van der Waals surface area contributed by atoms with E-state index in [1.165, 1.54) is 0 Å². The van der Waals surface area contributed by atoms with Gasteiger partial charge in [0, 0.05) is 31.0 Å². The van der Waals surface area contributed by atoms with E-state index in [1.54, 1.807) is 23.0 Å². The fourth-order valence-electron chi connectivity index (χ4n) is 1.81. The summed E-state index contributed by atoms with van der Waals surface area (Å²) in [5.41, 5.74) is 7.27. The largest absolute Gasteiger partial charge is 0.425 e. The number of pyridine rings is 1. The van der Waals surface area contributed by atoms with Crippen LogP contribution < -0.4 is 10.5 Å². The van der Waals surface area contributed by atoms with E-state index >= 15 is 0 Å². The molecular formula is C13H12N4O. The van der Waals surface area contributed by atoms with Gasteiger partial charge >= 0.3 is 6.01 Å². The van der Waals surface area contributed by atoms with Gasteiger partial charge in [-0.2, -0.15) is 0 Å². The van der Waals surface area contributed by atoms with Gasteiger partial charge in [-0.05, 0) is 24.3 Å². The number of nitrogen functional groups attached to an aromatic ring is 1. The van der Waals surface area contributed by atoms with E-state index in [2.05, 4.69) is 9.97 Å². The lowest BCUT2D eigenvalue weighted by molar-refractivity contribution is 0.429. The zero-order chi connectivity index (χ0) is 12.5. The number of rotatable bonds is 2. The summed E-state index contributed by atoms with van der Waals surface area (Å²) in [6, 6.07) is 7.93. The molecule has 2 aromatic heterocycles. The average Bonchev–Trinajstić information content (AvgIpc) is 2.79. The third kappa shape index (κ3) is 1.66. The van der Waals surface area contributed by atoms with Crippen LogP contribution in [0.2, 0.25) is 0 Å². The highest BCUT2D eigenvalue weighted by molar-refractivity contribution is 5.93. The Morgan fingerprint density at radius 3 is 2.83 bits per heavy atom. The Balaban J connectivity index is 2.13. The molecule has 0 saturated heterocycles. The highest BCUT2D eigenvalue weighted by atomic mass is 16.5. The molecule has 0 bridgehead atoms. The van der Waals surface area contributed by atoms with Gasteiger partial charge in [0.05, 0.1) is 11.2 Å².